The van der Waals surface area contributed by atoms with Crippen LogP contribution in [0.15, 0.2) is 10.6 Å². The van der Waals surface area contributed by atoms with Crippen molar-refractivity contribution in [1.82, 2.24) is 5.16 Å². The molecule has 1 aromatic rings. The van der Waals surface area contributed by atoms with Crippen LogP contribution in [0.4, 0.5) is 0 Å². The van der Waals surface area contributed by atoms with Crippen LogP contribution in [0, 0.1) is 0 Å². The van der Waals surface area contributed by atoms with Crippen molar-refractivity contribution >= 4 is 17.5 Å². The van der Waals surface area contributed by atoms with E-state index >= 15 is 0 Å². The summed E-state index contributed by atoms with van der Waals surface area (Å²) in [4.78, 5) is 12.9. The molecule has 0 spiro atoms. The summed E-state index contributed by atoms with van der Waals surface area (Å²) >= 11 is 1.68. The summed E-state index contributed by atoms with van der Waals surface area (Å²) in [5, 5.41) is 4.23. The number of aromatic nitrogens is 1. The van der Waals surface area contributed by atoms with Crippen molar-refractivity contribution in [3.8, 4) is 0 Å². The van der Waals surface area contributed by atoms with Gasteiger partial charge in [-0.25, -0.2) is 0 Å². The summed E-state index contributed by atoms with van der Waals surface area (Å²) in [5.41, 5.74) is 0.496. The summed E-state index contributed by atoms with van der Waals surface area (Å²) in [6.45, 7) is 10.2. The smallest absolute Gasteiger partial charge is 0.157 e. The molecule has 2 saturated heterocycles. The maximum absolute atomic E-state index is 12.9. The van der Waals surface area contributed by atoms with Crippen molar-refractivity contribution in [2.45, 2.75) is 95.2 Å². The summed E-state index contributed by atoms with van der Waals surface area (Å²) in [7, 11) is 0. The third kappa shape index (κ3) is 6.81. The van der Waals surface area contributed by atoms with Crippen molar-refractivity contribution in [3.05, 3.63) is 17.5 Å². The molecular formula is C23H37NO5S. The number of rotatable bonds is 10. The lowest BCUT2D eigenvalue weighted by Gasteiger charge is -2.28. The lowest BCUT2D eigenvalue weighted by atomic mass is 9.90. The average molecular weight is 440 g/mol. The Kier molecular flexibility index (Phi) is 8.41. The molecule has 7 heteroatoms. The molecule has 0 aliphatic carbocycles. The van der Waals surface area contributed by atoms with E-state index in [-0.39, 0.29) is 30.0 Å². The first-order chi connectivity index (χ1) is 14.3. The quantitative estimate of drug-likeness (QED) is 0.524. The van der Waals surface area contributed by atoms with E-state index in [1.807, 2.05) is 19.9 Å². The number of hydrogen-bond donors (Lipinski definition) is 0. The van der Waals surface area contributed by atoms with Crippen molar-refractivity contribution in [1.29, 1.82) is 0 Å². The van der Waals surface area contributed by atoms with E-state index in [0.29, 0.717) is 12.4 Å². The van der Waals surface area contributed by atoms with Gasteiger partial charge in [0.2, 0.25) is 0 Å². The van der Waals surface area contributed by atoms with Crippen molar-refractivity contribution in [2.24, 2.45) is 0 Å². The lowest BCUT2D eigenvalue weighted by molar-refractivity contribution is -0.170. The molecule has 0 saturated carbocycles. The predicted octanol–water partition coefficient (Wildman–Crippen LogP) is 4.69. The fourth-order valence-electron chi connectivity index (χ4n) is 3.62. The molecule has 30 heavy (non-hydrogen) atoms. The van der Waals surface area contributed by atoms with E-state index in [1.165, 1.54) is 6.42 Å². The first-order valence-corrected chi connectivity index (χ1v) is 12.2. The van der Waals surface area contributed by atoms with Crippen LogP contribution in [0.2, 0.25) is 0 Å². The number of Topliss-reactive ketones (excluding diaryl/α,β-unsaturated/α-hetero) is 1. The van der Waals surface area contributed by atoms with Gasteiger partial charge in [-0.3, -0.25) is 4.79 Å². The zero-order valence-corrected chi connectivity index (χ0v) is 19.7. The number of hydrogen-bond acceptors (Lipinski definition) is 7. The second-order valence-electron chi connectivity index (χ2n) is 9.58. The summed E-state index contributed by atoms with van der Waals surface area (Å²) in [5.74, 6) is 1.61. The molecule has 0 amide bonds. The third-order valence-corrected chi connectivity index (χ3v) is 7.42. The monoisotopic (exact) mass is 439 g/mol. The first kappa shape index (κ1) is 23.8. The number of thioether (sulfide) groups is 1. The fourth-order valence-corrected chi connectivity index (χ4v) is 4.72. The number of carbonyl (C=O) groups excluding carboxylic acids is 1. The first-order valence-electron chi connectivity index (χ1n) is 11.2. The lowest BCUT2D eigenvalue weighted by Crippen LogP contribution is -2.32. The van der Waals surface area contributed by atoms with Gasteiger partial charge >= 0.3 is 0 Å². The molecule has 3 rings (SSSR count). The average Bonchev–Trinajstić information content (AvgIpc) is 3.22. The molecule has 0 aromatic carbocycles. The molecule has 0 bridgehead atoms. The Balaban J connectivity index is 1.49. The Morgan fingerprint density at radius 1 is 1.13 bits per heavy atom. The molecule has 0 radical (unpaired) electrons. The van der Waals surface area contributed by atoms with Crippen molar-refractivity contribution in [3.63, 3.8) is 0 Å². The van der Waals surface area contributed by atoms with Crippen LogP contribution >= 0.6 is 11.8 Å². The molecule has 1 unspecified atom stereocenters. The topological polar surface area (TPSA) is 70.8 Å². The third-order valence-electron chi connectivity index (χ3n) is 5.93. The summed E-state index contributed by atoms with van der Waals surface area (Å²) in [6.07, 6.45) is 7.02. The maximum atomic E-state index is 12.9. The number of ether oxygens (including phenoxy) is 3. The van der Waals surface area contributed by atoms with Gasteiger partial charge in [-0.15, -0.1) is 11.8 Å². The standard InChI is InChI=1S/C23H37NO5S/c1-22(2,16-28-21-10-6-8-12-27-21)19-13-18(29-24-19)14-20(25)23(3,4)30-15-17-9-5-7-11-26-17/h13,17,21H,5-12,14-16H2,1-4H3/t17-,21?/m0/s1. The van der Waals surface area contributed by atoms with E-state index < -0.39 is 4.75 Å². The highest BCUT2D eigenvalue weighted by Gasteiger charge is 2.32. The Morgan fingerprint density at radius 3 is 2.53 bits per heavy atom. The fraction of sp³-hybridized carbons (Fsp3) is 0.826. The van der Waals surface area contributed by atoms with Crippen molar-refractivity contribution in [2.75, 3.05) is 25.6 Å². The van der Waals surface area contributed by atoms with Crippen LogP contribution < -0.4 is 0 Å². The highest BCUT2D eigenvalue weighted by atomic mass is 32.2. The van der Waals surface area contributed by atoms with Gasteiger partial charge in [0.25, 0.3) is 0 Å². The minimum absolute atomic E-state index is 0.128. The maximum Gasteiger partial charge on any atom is 0.157 e. The van der Waals surface area contributed by atoms with Gasteiger partial charge in [-0.05, 0) is 52.4 Å². The minimum Gasteiger partial charge on any atom is -0.377 e. The van der Waals surface area contributed by atoms with E-state index in [1.54, 1.807) is 11.8 Å². The second kappa shape index (κ2) is 10.6. The van der Waals surface area contributed by atoms with Crippen LogP contribution in [-0.2, 0) is 30.8 Å². The molecule has 0 N–H and O–H groups in total. The normalized spacial score (nSPS) is 23.5. The molecule has 2 fully saturated rings. The SMILES string of the molecule is CC(C)(SC[C@@H]1CCCCO1)C(=O)Cc1cc(C(C)(C)COC2CCCCO2)no1. The van der Waals surface area contributed by atoms with Crippen LogP contribution in [0.3, 0.4) is 0 Å². The Labute approximate surface area is 184 Å². The van der Waals surface area contributed by atoms with Gasteiger partial charge in [0, 0.05) is 30.4 Å². The van der Waals surface area contributed by atoms with Gasteiger partial charge in [-0.1, -0.05) is 19.0 Å². The minimum atomic E-state index is -0.481. The van der Waals surface area contributed by atoms with Gasteiger partial charge < -0.3 is 18.7 Å². The van der Waals surface area contributed by atoms with E-state index in [0.717, 1.165) is 56.8 Å². The van der Waals surface area contributed by atoms with Crippen LogP contribution in [0.1, 0.15) is 77.7 Å². The molecule has 3 heterocycles. The molecule has 6 nitrogen and oxygen atoms in total. The molecule has 2 atom stereocenters. The van der Waals surface area contributed by atoms with Crippen LogP contribution in [0.5, 0.6) is 0 Å². The molecule has 170 valence electrons. The Bertz CT molecular complexity index is 675. The highest BCUT2D eigenvalue weighted by Crippen LogP contribution is 2.31. The van der Waals surface area contributed by atoms with Gasteiger partial charge in [0.15, 0.2) is 12.1 Å². The predicted molar refractivity (Wildman–Crippen MR) is 118 cm³/mol. The largest absolute Gasteiger partial charge is 0.377 e. The molecular weight excluding hydrogens is 402 g/mol. The van der Waals surface area contributed by atoms with Gasteiger partial charge in [0.1, 0.15) is 5.76 Å². The summed E-state index contributed by atoms with van der Waals surface area (Å²) < 4.78 is 22.4. The van der Waals surface area contributed by atoms with E-state index in [4.69, 9.17) is 18.7 Å². The van der Waals surface area contributed by atoms with E-state index in [9.17, 15) is 4.79 Å². The van der Waals surface area contributed by atoms with Crippen LogP contribution in [0.25, 0.3) is 0 Å². The Hall–Kier alpha value is -0.890. The van der Waals surface area contributed by atoms with Crippen molar-refractivity contribution < 1.29 is 23.5 Å². The van der Waals surface area contributed by atoms with E-state index in [2.05, 4.69) is 19.0 Å². The molecule has 1 aromatic heterocycles. The number of carbonyl (C=O) groups is 1. The Morgan fingerprint density at radius 2 is 1.87 bits per heavy atom. The number of ketones is 1. The zero-order valence-electron chi connectivity index (χ0n) is 18.9. The molecule has 2 aliphatic rings. The molecule has 2 aliphatic heterocycles. The van der Waals surface area contributed by atoms with Crippen LogP contribution in [-0.4, -0.2) is 53.7 Å². The zero-order chi connectivity index (χ0) is 21.6. The second-order valence-corrected chi connectivity index (χ2v) is 11.2. The highest BCUT2D eigenvalue weighted by molar-refractivity contribution is 8.01. The summed E-state index contributed by atoms with van der Waals surface area (Å²) in [6, 6.07) is 1.90. The number of nitrogens with zero attached hydrogens (tertiary/aromatic N) is 1. The van der Waals surface area contributed by atoms with Gasteiger partial charge in [0.05, 0.1) is 29.6 Å². The van der Waals surface area contributed by atoms with Gasteiger partial charge in [-0.2, -0.15) is 0 Å².